The van der Waals surface area contributed by atoms with E-state index in [1.165, 1.54) is 0 Å². The van der Waals surface area contributed by atoms with Crippen LogP contribution in [0, 0.1) is 0 Å². The van der Waals surface area contributed by atoms with Gasteiger partial charge in [-0.3, -0.25) is 9.48 Å². The number of aromatic nitrogens is 2. The standard InChI is InChI=1S/C13H15N3O2/c1-10(13(17)18)15-12-7-14-16(9-12)8-11-5-3-2-4-6-11/h2-7,9-10,15H,8H2,1H3,(H,17,18). The predicted molar refractivity (Wildman–Crippen MR) is 68.5 cm³/mol. The Hall–Kier alpha value is -2.30. The van der Waals surface area contributed by atoms with Crippen LogP contribution in [0.1, 0.15) is 12.5 Å². The van der Waals surface area contributed by atoms with Crippen molar-refractivity contribution in [3.8, 4) is 0 Å². The van der Waals surface area contributed by atoms with Crippen molar-refractivity contribution < 1.29 is 9.90 Å². The Morgan fingerprint density at radius 1 is 1.44 bits per heavy atom. The van der Waals surface area contributed by atoms with Gasteiger partial charge in [0.1, 0.15) is 6.04 Å². The van der Waals surface area contributed by atoms with Gasteiger partial charge < -0.3 is 10.4 Å². The topological polar surface area (TPSA) is 67.2 Å². The minimum Gasteiger partial charge on any atom is -0.480 e. The van der Waals surface area contributed by atoms with Crippen molar-refractivity contribution in [2.75, 3.05) is 5.32 Å². The molecule has 0 saturated carbocycles. The van der Waals surface area contributed by atoms with E-state index in [0.717, 1.165) is 5.56 Å². The van der Waals surface area contributed by atoms with Gasteiger partial charge in [-0.05, 0) is 12.5 Å². The van der Waals surface area contributed by atoms with Crippen molar-refractivity contribution in [2.24, 2.45) is 0 Å². The Balaban J connectivity index is 2.00. The van der Waals surface area contributed by atoms with Crippen LogP contribution in [-0.2, 0) is 11.3 Å². The first-order valence-corrected chi connectivity index (χ1v) is 5.71. The van der Waals surface area contributed by atoms with Crippen LogP contribution in [-0.4, -0.2) is 26.9 Å². The molecule has 5 nitrogen and oxygen atoms in total. The summed E-state index contributed by atoms with van der Waals surface area (Å²) in [6, 6.07) is 9.34. The van der Waals surface area contributed by atoms with Gasteiger partial charge in [0, 0.05) is 6.20 Å². The number of nitrogens with zero attached hydrogens (tertiary/aromatic N) is 2. The van der Waals surface area contributed by atoms with Crippen LogP contribution in [0.4, 0.5) is 5.69 Å². The van der Waals surface area contributed by atoms with Crippen LogP contribution in [0.15, 0.2) is 42.7 Å². The molecular weight excluding hydrogens is 230 g/mol. The second kappa shape index (κ2) is 5.35. The van der Waals surface area contributed by atoms with E-state index in [4.69, 9.17) is 5.11 Å². The van der Waals surface area contributed by atoms with Crippen LogP contribution < -0.4 is 5.32 Å². The molecule has 18 heavy (non-hydrogen) atoms. The second-order valence-corrected chi connectivity index (χ2v) is 4.12. The number of carboxylic acids is 1. The Kier molecular flexibility index (Phi) is 3.62. The van der Waals surface area contributed by atoms with E-state index in [-0.39, 0.29) is 0 Å². The fourth-order valence-corrected chi connectivity index (χ4v) is 1.61. The zero-order chi connectivity index (χ0) is 13.0. The van der Waals surface area contributed by atoms with Crippen LogP contribution in [0.25, 0.3) is 0 Å². The molecule has 0 fully saturated rings. The Morgan fingerprint density at radius 2 is 2.17 bits per heavy atom. The lowest BCUT2D eigenvalue weighted by molar-refractivity contribution is -0.137. The summed E-state index contributed by atoms with van der Waals surface area (Å²) in [6.07, 6.45) is 3.43. The zero-order valence-corrected chi connectivity index (χ0v) is 10.1. The largest absolute Gasteiger partial charge is 0.480 e. The van der Waals surface area contributed by atoms with Crippen molar-refractivity contribution in [1.82, 2.24) is 9.78 Å². The maximum absolute atomic E-state index is 10.7. The zero-order valence-electron chi connectivity index (χ0n) is 10.1. The van der Waals surface area contributed by atoms with Gasteiger partial charge in [0.05, 0.1) is 18.4 Å². The van der Waals surface area contributed by atoms with Crippen molar-refractivity contribution in [1.29, 1.82) is 0 Å². The molecular formula is C13H15N3O2. The number of aliphatic carboxylic acids is 1. The van der Waals surface area contributed by atoms with Gasteiger partial charge >= 0.3 is 5.97 Å². The number of nitrogens with one attached hydrogen (secondary N) is 1. The number of carbonyl (C=O) groups is 1. The molecule has 0 radical (unpaired) electrons. The summed E-state index contributed by atoms with van der Waals surface area (Å²) in [6.45, 7) is 2.26. The number of anilines is 1. The fourth-order valence-electron chi connectivity index (χ4n) is 1.61. The quantitative estimate of drug-likeness (QED) is 0.843. The van der Waals surface area contributed by atoms with Gasteiger partial charge in [0.25, 0.3) is 0 Å². The lowest BCUT2D eigenvalue weighted by Gasteiger charge is -2.07. The third-order valence-electron chi connectivity index (χ3n) is 2.57. The van der Waals surface area contributed by atoms with Crippen LogP contribution >= 0.6 is 0 Å². The molecule has 0 aliphatic carbocycles. The summed E-state index contributed by atoms with van der Waals surface area (Å²) in [5.74, 6) is -0.884. The lowest BCUT2D eigenvalue weighted by Crippen LogP contribution is -2.25. The van der Waals surface area contributed by atoms with E-state index in [0.29, 0.717) is 12.2 Å². The Labute approximate surface area is 105 Å². The molecule has 2 aromatic rings. The molecule has 1 atom stereocenters. The molecule has 1 unspecified atom stereocenters. The third kappa shape index (κ3) is 3.10. The summed E-state index contributed by atoms with van der Waals surface area (Å²) in [7, 11) is 0. The van der Waals surface area contributed by atoms with E-state index in [1.54, 1.807) is 24.0 Å². The molecule has 0 bridgehead atoms. The maximum Gasteiger partial charge on any atom is 0.325 e. The normalized spacial score (nSPS) is 12.1. The Bertz CT molecular complexity index is 522. The van der Waals surface area contributed by atoms with Crippen molar-refractivity contribution in [3.63, 3.8) is 0 Å². The molecule has 2 rings (SSSR count). The van der Waals surface area contributed by atoms with Crippen molar-refractivity contribution in [3.05, 3.63) is 48.3 Å². The molecule has 94 valence electrons. The minimum absolute atomic E-state index is 0.626. The number of hydrogen-bond acceptors (Lipinski definition) is 3. The second-order valence-electron chi connectivity index (χ2n) is 4.12. The number of carboxylic acid groups (broad SMARTS) is 1. The van der Waals surface area contributed by atoms with Gasteiger partial charge in [-0.2, -0.15) is 5.10 Å². The summed E-state index contributed by atoms with van der Waals surface area (Å²) in [5.41, 5.74) is 1.86. The highest BCUT2D eigenvalue weighted by Crippen LogP contribution is 2.09. The molecule has 0 aliphatic heterocycles. The first-order valence-electron chi connectivity index (χ1n) is 5.71. The van der Waals surface area contributed by atoms with Gasteiger partial charge in [-0.15, -0.1) is 0 Å². The molecule has 1 aromatic heterocycles. The molecule has 0 aliphatic rings. The SMILES string of the molecule is CC(Nc1cnn(Cc2ccccc2)c1)C(=O)O. The number of hydrogen-bond donors (Lipinski definition) is 2. The summed E-state index contributed by atoms with van der Waals surface area (Å²) < 4.78 is 1.77. The summed E-state index contributed by atoms with van der Waals surface area (Å²) in [5, 5.41) is 15.8. The molecule has 0 amide bonds. The highest BCUT2D eigenvalue weighted by molar-refractivity contribution is 5.76. The van der Waals surface area contributed by atoms with Gasteiger partial charge in [-0.1, -0.05) is 30.3 Å². The first kappa shape index (κ1) is 12.2. The smallest absolute Gasteiger partial charge is 0.325 e. The minimum atomic E-state index is -0.884. The monoisotopic (exact) mass is 245 g/mol. The molecule has 2 N–H and O–H groups in total. The van der Waals surface area contributed by atoms with E-state index >= 15 is 0 Å². The first-order chi connectivity index (χ1) is 8.65. The lowest BCUT2D eigenvalue weighted by atomic mass is 10.2. The van der Waals surface area contributed by atoms with Gasteiger partial charge in [0.15, 0.2) is 0 Å². The highest BCUT2D eigenvalue weighted by atomic mass is 16.4. The average molecular weight is 245 g/mol. The van der Waals surface area contributed by atoms with E-state index < -0.39 is 12.0 Å². The number of rotatable bonds is 5. The van der Waals surface area contributed by atoms with E-state index in [1.807, 2.05) is 30.3 Å². The summed E-state index contributed by atoms with van der Waals surface area (Å²) in [4.78, 5) is 10.7. The maximum atomic E-state index is 10.7. The summed E-state index contributed by atoms with van der Waals surface area (Å²) >= 11 is 0. The molecule has 0 saturated heterocycles. The average Bonchev–Trinajstić information content (AvgIpc) is 2.77. The molecule has 1 heterocycles. The third-order valence-corrected chi connectivity index (χ3v) is 2.57. The van der Waals surface area contributed by atoms with Crippen LogP contribution in [0.2, 0.25) is 0 Å². The van der Waals surface area contributed by atoms with Gasteiger partial charge in [0.2, 0.25) is 0 Å². The number of benzene rings is 1. The van der Waals surface area contributed by atoms with E-state index in [2.05, 4.69) is 10.4 Å². The fraction of sp³-hybridized carbons (Fsp3) is 0.231. The van der Waals surface area contributed by atoms with E-state index in [9.17, 15) is 4.79 Å². The molecule has 0 spiro atoms. The molecule has 1 aromatic carbocycles. The highest BCUT2D eigenvalue weighted by Gasteiger charge is 2.10. The predicted octanol–water partition coefficient (Wildman–Crippen LogP) is 1.82. The Morgan fingerprint density at radius 3 is 2.83 bits per heavy atom. The van der Waals surface area contributed by atoms with Gasteiger partial charge in [-0.25, -0.2) is 0 Å². The van der Waals surface area contributed by atoms with Crippen LogP contribution in [0.5, 0.6) is 0 Å². The molecule has 5 heteroatoms. The van der Waals surface area contributed by atoms with Crippen molar-refractivity contribution >= 4 is 11.7 Å². The van der Waals surface area contributed by atoms with Crippen molar-refractivity contribution in [2.45, 2.75) is 19.5 Å². The van der Waals surface area contributed by atoms with Crippen LogP contribution in [0.3, 0.4) is 0 Å².